The minimum atomic E-state index is -1.01. The van der Waals surface area contributed by atoms with Gasteiger partial charge in [-0.1, -0.05) is 20.8 Å². The summed E-state index contributed by atoms with van der Waals surface area (Å²) in [6.45, 7) is 11.2. The van der Waals surface area contributed by atoms with Crippen LogP contribution in [0.5, 0.6) is 0 Å². The van der Waals surface area contributed by atoms with Crippen molar-refractivity contribution < 1.29 is 19.8 Å². The van der Waals surface area contributed by atoms with Gasteiger partial charge in [-0.25, -0.2) is 0 Å². The predicted octanol–water partition coefficient (Wildman–Crippen LogP) is 1.96. The first-order chi connectivity index (χ1) is 7.84. The molecule has 0 amide bonds. The molecule has 5 nitrogen and oxygen atoms in total. The van der Waals surface area contributed by atoms with Gasteiger partial charge in [0.25, 0.3) is 0 Å². The quantitative estimate of drug-likeness (QED) is 0.702. The summed E-state index contributed by atoms with van der Waals surface area (Å²) in [6, 6.07) is -0.874. The lowest BCUT2D eigenvalue weighted by atomic mass is 9.73. The first kappa shape index (κ1) is 16.9. The van der Waals surface area contributed by atoms with E-state index in [4.69, 9.17) is 5.11 Å². The molecule has 2 atom stereocenters. The van der Waals surface area contributed by atoms with Gasteiger partial charge in [0, 0.05) is 11.5 Å². The molecule has 0 aliphatic carbocycles. The van der Waals surface area contributed by atoms with Crippen LogP contribution in [-0.2, 0) is 9.59 Å². The Morgan fingerprint density at radius 1 is 1.06 bits per heavy atom. The number of carboxylic acid groups (broad SMARTS) is 2. The van der Waals surface area contributed by atoms with Gasteiger partial charge in [0.2, 0.25) is 0 Å². The lowest BCUT2D eigenvalue weighted by molar-refractivity contribution is -0.146. The molecule has 0 fully saturated rings. The molecule has 0 aromatic rings. The highest BCUT2D eigenvalue weighted by Gasteiger charge is 2.39. The molecule has 106 valence electrons. The summed E-state index contributed by atoms with van der Waals surface area (Å²) in [4.78, 5) is 22.3. The highest BCUT2D eigenvalue weighted by atomic mass is 16.4. The lowest BCUT2D eigenvalue weighted by Crippen LogP contribution is -2.54. The number of hydrogen-bond donors (Lipinski definition) is 3. The van der Waals surface area contributed by atoms with Gasteiger partial charge < -0.3 is 10.2 Å². The second-order valence-corrected chi connectivity index (χ2v) is 6.78. The Balaban J connectivity index is 5.23. The first-order valence-electron chi connectivity index (χ1n) is 6.07. The molecule has 0 saturated heterocycles. The molecule has 0 spiro atoms. The van der Waals surface area contributed by atoms with Gasteiger partial charge in [0.1, 0.15) is 6.04 Å². The van der Waals surface area contributed by atoms with Crippen molar-refractivity contribution in [1.29, 1.82) is 0 Å². The van der Waals surface area contributed by atoms with E-state index in [0.29, 0.717) is 0 Å². The fourth-order valence-electron chi connectivity index (χ4n) is 1.91. The van der Waals surface area contributed by atoms with E-state index in [9.17, 15) is 14.7 Å². The molecular weight excluding hydrogens is 234 g/mol. The number of rotatable bonds is 5. The van der Waals surface area contributed by atoms with Crippen LogP contribution in [0.15, 0.2) is 0 Å². The molecule has 0 saturated carbocycles. The Morgan fingerprint density at radius 2 is 1.50 bits per heavy atom. The van der Waals surface area contributed by atoms with Gasteiger partial charge in [0.05, 0.1) is 6.42 Å². The monoisotopic (exact) mass is 259 g/mol. The summed E-state index contributed by atoms with van der Waals surface area (Å²) in [5.74, 6) is -2.46. The normalized spacial score (nSPS) is 16.1. The van der Waals surface area contributed by atoms with Crippen molar-refractivity contribution in [2.24, 2.45) is 11.3 Å². The maximum absolute atomic E-state index is 11.4. The van der Waals surface area contributed by atoms with Crippen LogP contribution in [0.3, 0.4) is 0 Å². The van der Waals surface area contributed by atoms with Crippen molar-refractivity contribution in [3.8, 4) is 0 Å². The highest BCUT2D eigenvalue weighted by molar-refractivity contribution is 5.76. The first-order valence-corrected chi connectivity index (χ1v) is 6.07. The van der Waals surface area contributed by atoms with Crippen molar-refractivity contribution in [2.75, 3.05) is 0 Å². The Labute approximate surface area is 109 Å². The maximum Gasteiger partial charge on any atom is 0.321 e. The van der Waals surface area contributed by atoms with Crippen LogP contribution in [0.4, 0.5) is 0 Å². The Kier molecular flexibility index (Phi) is 5.35. The van der Waals surface area contributed by atoms with Gasteiger partial charge in [-0.05, 0) is 26.2 Å². The molecule has 0 rings (SSSR count). The molecule has 0 bridgehead atoms. The minimum absolute atomic E-state index is 0.163. The van der Waals surface area contributed by atoms with Crippen LogP contribution >= 0.6 is 0 Å². The van der Waals surface area contributed by atoms with Crippen LogP contribution in [0.25, 0.3) is 0 Å². The van der Waals surface area contributed by atoms with Crippen molar-refractivity contribution in [3.63, 3.8) is 0 Å². The zero-order chi connectivity index (χ0) is 14.7. The van der Waals surface area contributed by atoms with Crippen molar-refractivity contribution in [2.45, 2.75) is 59.5 Å². The van der Waals surface area contributed by atoms with Gasteiger partial charge in [-0.2, -0.15) is 0 Å². The summed E-state index contributed by atoms with van der Waals surface area (Å²) in [6.07, 6.45) is -0.163. The van der Waals surface area contributed by atoms with Crippen LogP contribution < -0.4 is 5.32 Å². The van der Waals surface area contributed by atoms with E-state index in [-0.39, 0.29) is 12.0 Å². The molecule has 0 aromatic carbocycles. The Morgan fingerprint density at radius 3 is 1.72 bits per heavy atom. The summed E-state index contributed by atoms with van der Waals surface area (Å²) < 4.78 is 0. The number of nitrogens with one attached hydrogen (secondary N) is 1. The number of aliphatic carboxylic acids is 2. The smallest absolute Gasteiger partial charge is 0.321 e. The van der Waals surface area contributed by atoms with Crippen LogP contribution in [-0.4, -0.2) is 33.7 Å². The van der Waals surface area contributed by atoms with Crippen molar-refractivity contribution in [1.82, 2.24) is 5.32 Å². The second kappa shape index (κ2) is 5.69. The van der Waals surface area contributed by atoms with E-state index in [0.717, 1.165) is 0 Å². The van der Waals surface area contributed by atoms with Crippen molar-refractivity contribution >= 4 is 11.9 Å². The van der Waals surface area contributed by atoms with Gasteiger partial charge >= 0.3 is 11.9 Å². The molecule has 3 N–H and O–H groups in total. The number of hydrogen-bond acceptors (Lipinski definition) is 3. The van der Waals surface area contributed by atoms with E-state index < -0.39 is 29.3 Å². The lowest BCUT2D eigenvalue weighted by Gasteiger charge is -2.38. The van der Waals surface area contributed by atoms with Gasteiger partial charge in [-0.15, -0.1) is 0 Å². The minimum Gasteiger partial charge on any atom is -0.481 e. The summed E-state index contributed by atoms with van der Waals surface area (Å²) in [7, 11) is 0. The third-order valence-corrected chi connectivity index (χ3v) is 2.76. The zero-order valence-electron chi connectivity index (χ0n) is 12.1. The largest absolute Gasteiger partial charge is 0.481 e. The summed E-state index contributed by atoms with van der Waals surface area (Å²) in [5, 5.41) is 21.3. The van der Waals surface area contributed by atoms with Crippen LogP contribution in [0, 0.1) is 11.3 Å². The molecular formula is C13H25NO4. The molecule has 0 radical (unpaired) electrons. The summed E-state index contributed by atoms with van der Waals surface area (Å²) in [5.41, 5.74) is -0.787. The predicted molar refractivity (Wildman–Crippen MR) is 69.5 cm³/mol. The molecule has 0 heterocycles. The van der Waals surface area contributed by atoms with Crippen molar-refractivity contribution in [3.05, 3.63) is 0 Å². The van der Waals surface area contributed by atoms with E-state index in [1.807, 2.05) is 41.5 Å². The zero-order valence-corrected chi connectivity index (χ0v) is 12.1. The SMILES string of the molecule is CC(C)(C)N[C@H](C(=O)O)C(CC(=O)O)C(C)(C)C. The number of carboxylic acids is 2. The molecule has 0 aliphatic heterocycles. The van der Waals surface area contributed by atoms with Crippen LogP contribution in [0.2, 0.25) is 0 Å². The fraction of sp³-hybridized carbons (Fsp3) is 0.846. The topological polar surface area (TPSA) is 86.6 Å². The fourth-order valence-corrected chi connectivity index (χ4v) is 1.91. The molecule has 5 heteroatoms. The molecule has 0 aromatic heterocycles. The standard InChI is InChI=1S/C13H25NO4/c1-12(2,3)8(7-9(15)16)10(11(17)18)14-13(4,5)6/h8,10,14H,7H2,1-6H3,(H,15,16)(H,17,18)/t8?,10-/m0/s1. The Bertz CT molecular complexity index is 312. The molecule has 18 heavy (non-hydrogen) atoms. The van der Waals surface area contributed by atoms with Crippen LogP contribution in [0.1, 0.15) is 48.0 Å². The molecule has 1 unspecified atom stereocenters. The van der Waals surface area contributed by atoms with E-state index in [1.54, 1.807) is 0 Å². The third kappa shape index (κ3) is 6.00. The number of carbonyl (C=O) groups is 2. The van der Waals surface area contributed by atoms with E-state index >= 15 is 0 Å². The molecule has 0 aliphatic rings. The third-order valence-electron chi connectivity index (χ3n) is 2.76. The van der Waals surface area contributed by atoms with E-state index in [1.165, 1.54) is 0 Å². The average Bonchev–Trinajstić information content (AvgIpc) is 2.06. The second-order valence-electron chi connectivity index (χ2n) is 6.78. The van der Waals surface area contributed by atoms with Gasteiger partial charge in [0.15, 0.2) is 0 Å². The maximum atomic E-state index is 11.4. The average molecular weight is 259 g/mol. The highest BCUT2D eigenvalue weighted by Crippen LogP contribution is 2.32. The van der Waals surface area contributed by atoms with E-state index in [2.05, 4.69) is 5.32 Å². The summed E-state index contributed by atoms with van der Waals surface area (Å²) >= 11 is 0. The van der Waals surface area contributed by atoms with Gasteiger partial charge in [-0.3, -0.25) is 14.9 Å². The Hall–Kier alpha value is -1.10.